The van der Waals surface area contributed by atoms with E-state index >= 15 is 0 Å². The van der Waals surface area contributed by atoms with Crippen LogP contribution in [0.25, 0.3) is 0 Å². The highest BCUT2D eigenvalue weighted by atomic mass is 32.1. The molecule has 5 heteroatoms. The van der Waals surface area contributed by atoms with Gasteiger partial charge in [0.25, 0.3) is 0 Å². The lowest BCUT2D eigenvalue weighted by molar-refractivity contribution is 0.392. The number of nitrogens with zero attached hydrogens (tertiary/aromatic N) is 1. The maximum atomic E-state index is 5.32. The quantitative estimate of drug-likeness (QED) is 0.824. The topological polar surface area (TPSA) is 50.1 Å². The molecule has 0 unspecified atom stereocenters. The normalized spacial score (nSPS) is 16.6. The molecule has 0 spiro atoms. The zero-order valence-corrected chi connectivity index (χ0v) is 11.9. The summed E-state index contributed by atoms with van der Waals surface area (Å²) in [7, 11) is 0. The summed E-state index contributed by atoms with van der Waals surface area (Å²) in [6.07, 6.45) is 6.44. The minimum absolute atomic E-state index is 0.545. The molecule has 0 aromatic carbocycles. The Bertz CT molecular complexity index is 391. The first-order valence-electron chi connectivity index (χ1n) is 6.63. The zero-order chi connectivity index (χ0) is 13.0. The van der Waals surface area contributed by atoms with Gasteiger partial charge in [0.1, 0.15) is 5.76 Å². The SMILES string of the molecule is Cc1noc(C)c1CNC(=S)NC1CCCCC1. The van der Waals surface area contributed by atoms with E-state index in [-0.39, 0.29) is 0 Å². The first kappa shape index (κ1) is 13.3. The van der Waals surface area contributed by atoms with Gasteiger partial charge in [-0.05, 0) is 38.9 Å². The molecule has 0 radical (unpaired) electrons. The first-order chi connectivity index (χ1) is 8.66. The van der Waals surface area contributed by atoms with Crippen LogP contribution in [0.1, 0.15) is 49.1 Å². The molecule has 0 bridgehead atoms. The second-order valence-electron chi connectivity index (χ2n) is 4.96. The van der Waals surface area contributed by atoms with Crippen molar-refractivity contribution in [3.05, 3.63) is 17.0 Å². The molecule has 0 aliphatic heterocycles. The predicted molar refractivity (Wildman–Crippen MR) is 75.4 cm³/mol. The molecule has 100 valence electrons. The van der Waals surface area contributed by atoms with Crippen LogP contribution in [0.3, 0.4) is 0 Å². The van der Waals surface area contributed by atoms with E-state index in [0.29, 0.717) is 12.6 Å². The van der Waals surface area contributed by atoms with Crippen molar-refractivity contribution in [3.8, 4) is 0 Å². The standard InChI is InChI=1S/C13H21N3OS/c1-9-12(10(2)17-16-9)8-14-13(18)15-11-6-4-3-5-7-11/h11H,3-8H2,1-2H3,(H2,14,15,18). The van der Waals surface area contributed by atoms with Crippen molar-refractivity contribution in [2.45, 2.75) is 58.5 Å². The molecule has 2 rings (SSSR count). The van der Waals surface area contributed by atoms with E-state index in [2.05, 4.69) is 15.8 Å². The fourth-order valence-electron chi connectivity index (χ4n) is 2.41. The summed E-state index contributed by atoms with van der Waals surface area (Å²) >= 11 is 5.32. The van der Waals surface area contributed by atoms with Crippen molar-refractivity contribution in [2.75, 3.05) is 0 Å². The molecule has 0 saturated heterocycles. The Morgan fingerprint density at radius 3 is 2.67 bits per heavy atom. The Balaban J connectivity index is 1.77. The van der Waals surface area contributed by atoms with Crippen LogP contribution in [-0.2, 0) is 6.54 Å². The number of hydrogen-bond acceptors (Lipinski definition) is 3. The van der Waals surface area contributed by atoms with E-state index in [1.165, 1.54) is 32.1 Å². The second-order valence-corrected chi connectivity index (χ2v) is 5.37. The van der Waals surface area contributed by atoms with Gasteiger partial charge in [-0.3, -0.25) is 0 Å². The summed E-state index contributed by atoms with van der Waals surface area (Å²) in [4.78, 5) is 0. The molecule has 18 heavy (non-hydrogen) atoms. The molecule has 1 aromatic rings. The largest absolute Gasteiger partial charge is 0.361 e. The predicted octanol–water partition coefficient (Wildman–Crippen LogP) is 2.59. The van der Waals surface area contributed by atoms with Crippen LogP contribution in [0.4, 0.5) is 0 Å². The third kappa shape index (κ3) is 3.45. The van der Waals surface area contributed by atoms with Gasteiger partial charge in [0, 0.05) is 18.2 Å². The Morgan fingerprint density at radius 2 is 2.06 bits per heavy atom. The van der Waals surface area contributed by atoms with E-state index in [0.717, 1.165) is 22.1 Å². The van der Waals surface area contributed by atoms with Crippen LogP contribution in [-0.4, -0.2) is 16.3 Å². The van der Waals surface area contributed by atoms with Crippen LogP contribution in [0, 0.1) is 13.8 Å². The minimum Gasteiger partial charge on any atom is -0.361 e. The lowest BCUT2D eigenvalue weighted by Crippen LogP contribution is -2.42. The molecule has 0 atom stereocenters. The van der Waals surface area contributed by atoms with Crippen molar-refractivity contribution < 1.29 is 4.52 Å². The van der Waals surface area contributed by atoms with E-state index < -0.39 is 0 Å². The van der Waals surface area contributed by atoms with Crippen LogP contribution in [0.5, 0.6) is 0 Å². The number of aryl methyl sites for hydroxylation is 2. The molecule has 1 fully saturated rings. The van der Waals surface area contributed by atoms with Gasteiger partial charge in [-0.2, -0.15) is 0 Å². The molecule has 1 aromatic heterocycles. The second kappa shape index (κ2) is 6.18. The van der Waals surface area contributed by atoms with Gasteiger partial charge in [-0.25, -0.2) is 0 Å². The Hall–Kier alpha value is -1.10. The molecule has 1 aliphatic carbocycles. The smallest absolute Gasteiger partial charge is 0.166 e. The van der Waals surface area contributed by atoms with Gasteiger partial charge in [0.05, 0.1) is 5.69 Å². The molecule has 1 heterocycles. The molecular weight excluding hydrogens is 246 g/mol. The average Bonchev–Trinajstić information content (AvgIpc) is 2.68. The van der Waals surface area contributed by atoms with Gasteiger partial charge in [-0.15, -0.1) is 0 Å². The number of hydrogen-bond donors (Lipinski definition) is 2. The van der Waals surface area contributed by atoms with Crippen molar-refractivity contribution in [2.24, 2.45) is 0 Å². The Labute approximate surface area is 113 Å². The number of thiocarbonyl (C=S) groups is 1. The average molecular weight is 267 g/mol. The van der Waals surface area contributed by atoms with E-state index in [1.54, 1.807) is 0 Å². The van der Waals surface area contributed by atoms with Gasteiger partial charge >= 0.3 is 0 Å². The number of aromatic nitrogens is 1. The van der Waals surface area contributed by atoms with Crippen LogP contribution in [0.15, 0.2) is 4.52 Å². The zero-order valence-electron chi connectivity index (χ0n) is 11.1. The number of rotatable bonds is 3. The molecule has 2 N–H and O–H groups in total. The summed E-state index contributed by atoms with van der Waals surface area (Å²) in [5.41, 5.74) is 2.03. The monoisotopic (exact) mass is 267 g/mol. The highest BCUT2D eigenvalue weighted by molar-refractivity contribution is 7.80. The van der Waals surface area contributed by atoms with Crippen molar-refractivity contribution in [3.63, 3.8) is 0 Å². The molecular formula is C13H21N3OS. The Morgan fingerprint density at radius 1 is 1.33 bits per heavy atom. The maximum absolute atomic E-state index is 5.32. The van der Waals surface area contributed by atoms with E-state index in [4.69, 9.17) is 16.7 Å². The highest BCUT2D eigenvalue weighted by Crippen LogP contribution is 2.17. The first-order valence-corrected chi connectivity index (χ1v) is 7.03. The van der Waals surface area contributed by atoms with E-state index in [1.807, 2.05) is 13.8 Å². The molecule has 1 aliphatic rings. The number of nitrogens with one attached hydrogen (secondary N) is 2. The van der Waals surface area contributed by atoms with Gasteiger partial charge in [0.2, 0.25) is 0 Å². The van der Waals surface area contributed by atoms with Crippen LogP contribution >= 0.6 is 12.2 Å². The van der Waals surface area contributed by atoms with Crippen LogP contribution in [0.2, 0.25) is 0 Å². The summed E-state index contributed by atoms with van der Waals surface area (Å²) in [5, 5.41) is 11.3. The Kier molecular flexibility index (Phi) is 4.58. The summed E-state index contributed by atoms with van der Waals surface area (Å²) in [6, 6.07) is 0.545. The fourth-order valence-corrected chi connectivity index (χ4v) is 2.65. The maximum Gasteiger partial charge on any atom is 0.166 e. The van der Waals surface area contributed by atoms with E-state index in [9.17, 15) is 0 Å². The van der Waals surface area contributed by atoms with Crippen molar-refractivity contribution >= 4 is 17.3 Å². The molecule has 1 saturated carbocycles. The van der Waals surface area contributed by atoms with Crippen LogP contribution < -0.4 is 10.6 Å². The van der Waals surface area contributed by atoms with Crippen molar-refractivity contribution in [1.82, 2.24) is 15.8 Å². The lowest BCUT2D eigenvalue weighted by Gasteiger charge is -2.24. The van der Waals surface area contributed by atoms with Gasteiger partial charge in [0.15, 0.2) is 5.11 Å². The molecule has 0 amide bonds. The lowest BCUT2D eigenvalue weighted by atomic mass is 9.96. The summed E-state index contributed by atoms with van der Waals surface area (Å²) in [6.45, 7) is 4.56. The highest BCUT2D eigenvalue weighted by Gasteiger charge is 2.14. The minimum atomic E-state index is 0.545. The fraction of sp³-hybridized carbons (Fsp3) is 0.692. The summed E-state index contributed by atoms with van der Waals surface area (Å²) < 4.78 is 5.12. The summed E-state index contributed by atoms with van der Waals surface area (Å²) in [5.74, 6) is 0.862. The van der Waals surface area contributed by atoms with Gasteiger partial charge in [-0.1, -0.05) is 24.4 Å². The third-order valence-corrected chi connectivity index (χ3v) is 3.81. The van der Waals surface area contributed by atoms with Gasteiger partial charge < -0.3 is 15.2 Å². The molecule has 4 nitrogen and oxygen atoms in total. The van der Waals surface area contributed by atoms with Crippen molar-refractivity contribution in [1.29, 1.82) is 0 Å². The third-order valence-electron chi connectivity index (χ3n) is 3.55.